The van der Waals surface area contributed by atoms with E-state index in [4.69, 9.17) is 26.7 Å². The summed E-state index contributed by atoms with van der Waals surface area (Å²) in [5, 5.41) is 21.2. The summed E-state index contributed by atoms with van der Waals surface area (Å²) >= 11 is 0. The number of ether oxygens (including phenoxy) is 2. The molecule has 8 N–H and O–H groups in total. The second-order valence-corrected chi connectivity index (χ2v) is 19.4. The van der Waals surface area contributed by atoms with Gasteiger partial charge in [-0.2, -0.15) is 10.2 Å². The Kier molecular flexibility index (Phi) is 16.8. The first kappa shape index (κ1) is 52.9. The minimum atomic E-state index is -0.997. The number of anilines is 2. The normalized spacial score (nSPS) is 12.6. The summed E-state index contributed by atoms with van der Waals surface area (Å²) in [5.74, 6) is -0.0707. The third-order valence-electron chi connectivity index (χ3n) is 11.1. The molecule has 2 atom stereocenters. The molecule has 0 bridgehead atoms. The molecule has 0 aliphatic rings. The van der Waals surface area contributed by atoms with Gasteiger partial charge in [-0.05, 0) is 120 Å². The van der Waals surface area contributed by atoms with Gasteiger partial charge in [-0.3, -0.25) is 14.2 Å². The highest BCUT2D eigenvalue weighted by atomic mass is 16.6. The number of H-pyrrole nitrogens is 1. The first-order valence-corrected chi connectivity index (χ1v) is 23.9. The summed E-state index contributed by atoms with van der Waals surface area (Å²) < 4.78 is 12.5. The highest BCUT2D eigenvalue weighted by Crippen LogP contribution is 2.28. The van der Waals surface area contributed by atoms with Gasteiger partial charge in [0.1, 0.15) is 22.6 Å². The Morgan fingerprint density at radius 2 is 1.12 bits per heavy atom. The lowest BCUT2D eigenvalue weighted by Gasteiger charge is -2.23. The molecule has 1 amide bonds. The molecule has 380 valence electrons. The number of ketones is 2. The lowest BCUT2D eigenvalue weighted by Crippen LogP contribution is -2.45. The molecule has 4 aromatic carbocycles. The Labute approximate surface area is 428 Å². The number of nitrogens with zero attached hydrogens (tertiary/aromatic N) is 7. The van der Waals surface area contributed by atoms with Crippen LogP contribution in [0.2, 0.25) is 0 Å². The molecular formula is C56H60N12O6. The zero-order valence-corrected chi connectivity index (χ0v) is 42.2. The number of Topliss-reactive ketones (excluding diaryl/α,β-unsaturated/α-hetero) is 2. The van der Waals surface area contributed by atoms with E-state index in [0.29, 0.717) is 46.0 Å². The Bertz CT molecular complexity index is 3320. The predicted octanol–water partition coefficient (Wildman–Crippen LogP) is 11.3. The van der Waals surface area contributed by atoms with E-state index in [1.54, 1.807) is 78.1 Å². The van der Waals surface area contributed by atoms with E-state index in [0.717, 1.165) is 27.5 Å². The van der Waals surface area contributed by atoms with Crippen molar-refractivity contribution in [3.8, 4) is 0 Å². The van der Waals surface area contributed by atoms with E-state index in [9.17, 15) is 19.2 Å². The minimum absolute atomic E-state index is 0.0905. The number of benzene rings is 4. The minimum Gasteiger partial charge on any atom is -0.444 e. The molecule has 0 aliphatic heterocycles. The monoisotopic (exact) mass is 996 g/mol. The molecule has 74 heavy (non-hydrogen) atoms. The molecule has 0 spiro atoms. The number of nitrogen functional groups attached to an aromatic ring is 2. The van der Waals surface area contributed by atoms with Gasteiger partial charge in [-0.25, -0.2) is 19.6 Å². The highest BCUT2D eigenvalue weighted by Gasteiger charge is 2.28. The predicted molar refractivity (Wildman–Crippen MR) is 286 cm³/mol. The van der Waals surface area contributed by atoms with Crippen LogP contribution in [0.3, 0.4) is 0 Å². The maximum Gasteiger partial charge on any atom is 0.419 e. The summed E-state index contributed by atoms with van der Waals surface area (Å²) in [6.45, 7) is 10.6. The van der Waals surface area contributed by atoms with E-state index in [-0.39, 0.29) is 42.5 Å². The zero-order chi connectivity index (χ0) is 53.0. The van der Waals surface area contributed by atoms with E-state index in [1.807, 2.05) is 109 Å². The van der Waals surface area contributed by atoms with Crippen LogP contribution < -0.4 is 22.5 Å². The van der Waals surface area contributed by atoms with Crippen molar-refractivity contribution in [1.82, 2.24) is 24.8 Å². The van der Waals surface area contributed by atoms with Gasteiger partial charge < -0.3 is 37.0 Å². The average molecular weight is 997 g/mol. The summed E-state index contributed by atoms with van der Waals surface area (Å²) in [6, 6.07) is 38.9. The molecule has 0 aliphatic carbocycles. The molecule has 0 unspecified atom stereocenters. The number of aromatic nitrogens is 4. The fraction of sp³-hybridized carbons (Fsp3) is 0.250. The van der Waals surface area contributed by atoms with Crippen LogP contribution in [0.4, 0.5) is 44.0 Å². The number of nitrogens with one attached hydrogen (secondary N) is 2. The van der Waals surface area contributed by atoms with Crippen molar-refractivity contribution in [2.45, 2.75) is 90.5 Å². The number of aromatic amines is 1. The van der Waals surface area contributed by atoms with Gasteiger partial charge in [0.25, 0.3) is 0 Å². The van der Waals surface area contributed by atoms with Crippen molar-refractivity contribution in [3.63, 3.8) is 0 Å². The van der Waals surface area contributed by atoms with Crippen molar-refractivity contribution in [2.24, 2.45) is 26.2 Å². The van der Waals surface area contributed by atoms with Gasteiger partial charge in [0.05, 0.1) is 53.2 Å². The largest absolute Gasteiger partial charge is 0.444 e. The zero-order valence-electron chi connectivity index (χ0n) is 42.2. The molecule has 0 saturated heterocycles. The topological polar surface area (TPSA) is 273 Å². The highest BCUT2D eigenvalue weighted by molar-refractivity contribution is 5.94. The van der Waals surface area contributed by atoms with Crippen molar-refractivity contribution in [3.05, 3.63) is 168 Å². The van der Waals surface area contributed by atoms with E-state index in [1.165, 1.54) is 4.57 Å². The molecule has 18 heteroatoms. The Morgan fingerprint density at radius 3 is 1.68 bits per heavy atom. The van der Waals surface area contributed by atoms with Gasteiger partial charge in [0, 0.05) is 35.1 Å². The lowest BCUT2D eigenvalue weighted by molar-refractivity contribution is -0.120. The summed E-state index contributed by atoms with van der Waals surface area (Å²) in [7, 11) is 0. The first-order chi connectivity index (χ1) is 35.3. The Morgan fingerprint density at radius 1 is 0.608 bits per heavy atom. The fourth-order valence-electron chi connectivity index (χ4n) is 7.65. The maximum absolute atomic E-state index is 13.7. The van der Waals surface area contributed by atoms with Crippen LogP contribution in [-0.2, 0) is 44.7 Å². The van der Waals surface area contributed by atoms with Crippen LogP contribution in [-0.4, -0.2) is 66.6 Å². The number of nitrogens with two attached hydrogens (primary N) is 3. The van der Waals surface area contributed by atoms with Crippen molar-refractivity contribution in [2.75, 3.05) is 11.5 Å². The second kappa shape index (κ2) is 23.6. The standard InChI is InChI=1S/C33H38N6O5.C23H22N6O/c1-32(2,3)43-30(41)36-26(18-21-20-39(31(42)44-33(4,5)6)27-15-11-10-14-24(21)27)28(40)19-23-16-17-25(29(34)35-23)38-37-22-12-8-7-9-13-22;24-19(12-15-14-26-20-9-5-4-8-18(15)20)22(30)13-17-10-11-21(23(25)27-17)29-28-16-6-2-1-3-7-16/h7-17,20,26H,18-19H2,1-6H3,(H2,34,35)(H,36,41);1-11,14,19,26H,12-13,24H2,(H2,25,27)/t26-;19-/m00/s1. The SMILES string of the molecule is CC(C)(C)OC(=O)N[C@@H](Cc1cn(C(=O)OC(C)(C)C)c2ccccc12)C(=O)Cc1ccc(N=Nc2ccccc2)c(N)n1.Nc1nc(CC(=O)[C@@H](N)Cc2c[nH]c3ccccc23)ccc1N=Nc1ccccc1. The van der Waals surface area contributed by atoms with Gasteiger partial charge in [-0.15, -0.1) is 10.2 Å². The van der Waals surface area contributed by atoms with Crippen LogP contribution >= 0.6 is 0 Å². The summed E-state index contributed by atoms with van der Waals surface area (Å²) in [6.07, 6.45) is 2.80. The number of amides is 1. The second-order valence-electron chi connectivity index (χ2n) is 19.4. The average Bonchev–Trinajstić information content (AvgIpc) is 3.94. The third kappa shape index (κ3) is 14.8. The van der Waals surface area contributed by atoms with Gasteiger partial charge in [0.15, 0.2) is 23.2 Å². The summed E-state index contributed by atoms with van der Waals surface area (Å²) in [4.78, 5) is 64.0. The number of pyridine rings is 2. The molecule has 0 radical (unpaired) electrons. The number of carbonyl (C=O) groups excluding carboxylic acids is 4. The number of rotatable bonds is 15. The molecule has 8 rings (SSSR count). The molecule has 4 heterocycles. The van der Waals surface area contributed by atoms with Gasteiger partial charge in [-0.1, -0.05) is 72.8 Å². The third-order valence-corrected chi connectivity index (χ3v) is 11.1. The number of alkyl carbamates (subject to hydrolysis) is 1. The smallest absolute Gasteiger partial charge is 0.419 e. The van der Waals surface area contributed by atoms with Gasteiger partial charge >= 0.3 is 12.2 Å². The molecule has 8 aromatic rings. The number of para-hydroxylation sites is 2. The van der Waals surface area contributed by atoms with Crippen molar-refractivity contribution < 1.29 is 28.7 Å². The maximum atomic E-state index is 13.7. The first-order valence-electron chi connectivity index (χ1n) is 23.9. The van der Waals surface area contributed by atoms with Crippen LogP contribution in [0, 0.1) is 0 Å². The van der Waals surface area contributed by atoms with E-state index in [2.05, 4.69) is 40.7 Å². The van der Waals surface area contributed by atoms with E-state index < -0.39 is 35.5 Å². The Hall–Kier alpha value is -8.90. The van der Waals surface area contributed by atoms with Crippen LogP contribution in [0.5, 0.6) is 0 Å². The number of carbonyl (C=O) groups is 4. The molecule has 4 aromatic heterocycles. The van der Waals surface area contributed by atoms with Gasteiger partial charge in [0.2, 0.25) is 0 Å². The lowest BCUT2D eigenvalue weighted by atomic mass is 9.99. The van der Waals surface area contributed by atoms with E-state index >= 15 is 0 Å². The van der Waals surface area contributed by atoms with Crippen LogP contribution in [0.15, 0.2) is 166 Å². The number of azo groups is 2. The molecule has 18 nitrogen and oxygen atoms in total. The number of hydrogen-bond acceptors (Lipinski definition) is 15. The van der Waals surface area contributed by atoms with Crippen molar-refractivity contribution in [1.29, 1.82) is 0 Å². The molecular weight excluding hydrogens is 937 g/mol. The molecule has 0 fully saturated rings. The van der Waals surface area contributed by atoms with Crippen LogP contribution in [0.25, 0.3) is 21.8 Å². The quantitative estimate of drug-likeness (QED) is 0.0602. The Balaban J connectivity index is 0.000000232. The summed E-state index contributed by atoms with van der Waals surface area (Å²) in [5.41, 5.74) is 23.3. The number of fused-ring (bicyclic) bond motifs is 2. The molecule has 0 saturated carbocycles. The number of hydrogen-bond donors (Lipinski definition) is 5. The van der Waals surface area contributed by atoms with Crippen molar-refractivity contribution >= 4 is 79.9 Å². The fourth-order valence-corrected chi connectivity index (χ4v) is 7.65. The van der Waals surface area contributed by atoms with Crippen LogP contribution in [0.1, 0.15) is 64.1 Å².